The molecule has 1 fully saturated rings. The lowest BCUT2D eigenvalue weighted by molar-refractivity contribution is 0.200. The van der Waals surface area contributed by atoms with Gasteiger partial charge in [0.1, 0.15) is 0 Å². The van der Waals surface area contributed by atoms with E-state index in [2.05, 4.69) is 33.9 Å². The van der Waals surface area contributed by atoms with Crippen molar-refractivity contribution in [1.29, 1.82) is 0 Å². The van der Waals surface area contributed by atoms with E-state index in [-0.39, 0.29) is 12.1 Å². The summed E-state index contributed by atoms with van der Waals surface area (Å²) in [7, 11) is 0. The van der Waals surface area contributed by atoms with Crippen LogP contribution in [0, 0.1) is 0 Å². The van der Waals surface area contributed by atoms with Gasteiger partial charge < -0.3 is 14.8 Å². The van der Waals surface area contributed by atoms with Gasteiger partial charge in [-0.2, -0.15) is 0 Å². The van der Waals surface area contributed by atoms with Crippen LogP contribution in [0.1, 0.15) is 17.7 Å². The summed E-state index contributed by atoms with van der Waals surface area (Å²) < 4.78 is 1.96. The van der Waals surface area contributed by atoms with E-state index in [1.165, 1.54) is 4.88 Å². The first-order valence-corrected chi connectivity index (χ1v) is 8.43. The normalized spacial score (nSPS) is 18.2. The highest BCUT2D eigenvalue weighted by atomic mass is 32.1. The van der Waals surface area contributed by atoms with Gasteiger partial charge in [-0.05, 0) is 30.4 Å². The second-order valence-electron chi connectivity index (χ2n) is 5.31. The number of hydrogen-bond acceptors (Lipinski definition) is 3. The zero-order chi connectivity index (χ0) is 15.2. The minimum atomic E-state index is 0.0263. The Morgan fingerprint density at radius 2 is 2.50 bits per heavy atom. The third-order valence-corrected chi connectivity index (χ3v) is 4.63. The fourth-order valence-corrected chi connectivity index (χ4v) is 3.28. The van der Waals surface area contributed by atoms with Gasteiger partial charge in [0.25, 0.3) is 0 Å². The summed E-state index contributed by atoms with van der Waals surface area (Å²) in [6.07, 6.45) is 11.8. The molecule has 1 N–H and O–H groups in total. The van der Waals surface area contributed by atoms with Crippen molar-refractivity contribution in [2.75, 3.05) is 13.1 Å². The number of likely N-dealkylation sites (tertiary alicyclic amines) is 1. The Kier molecular flexibility index (Phi) is 4.90. The lowest BCUT2D eigenvalue weighted by Crippen LogP contribution is -2.43. The Hall–Kier alpha value is -2.08. The molecule has 1 unspecified atom stereocenters. The standard InChI is InChI=1S/C16H20N4OS/c21-16(18-8-11-19-10-7-17-13-19)20-9-1-3-14(20)5-6-15-4-2-12-22-15/h2,4-7,10,12-14H,1,3,8-9,11H2,(H,18,21)/b6-5+. The number of nitrogens with zero attached hydrogens (tertiary/aromatic N) is 3. The van der Waals surface area contributed by atoms with E-state index in [1.54, 1.807) is 23.9 Å². The molecule has 0 spiro atoms. The van der Waals surface area contributed by atoms with Gasteiger partial charge in [-0.15, -0.1) is 11.3 Å². The lowest BCUT2D eigenvalue weighted by atomic mass is 10.2. The van der Waals surface area contributed by atoms with E-state index < -0.39 is 0 Å². The Labute approximate surface area is 134 Å². The van der Waals surface area contributed by atoms with Crippen LogP contribution in [-0.2, 0) is 6.54 Å². The summed E-state index contributed by atoms with van der Waals surface area (Å²) in [5.74, 6) is 0. The molecular weight excluding hydrogens is 296 g/mol. The summed E-state index contributed by atoms with van der Waals surface area (Å²) in [5.41, 5.74) is 0. The van der Waals surface area contributed by atoms with Gasteiger partial charge >= 0.3 is 6.03 Å². The summed E-state index contributed by atoms with van der Waals surface area (Å²) >= 11 is 1.71. The first kappa shape index (κ1) is 14.8. The van der Waals surface area contributed by atoms with Crippen LogP contribution < -0.4 is 5.32 Å². The molecule has 22 heavy (non-hydrogen) atoms. The first-order chi connectivity index (χ1) is 10.8. The van der Waals surface area contributed by atoms with Crippen LogP contribution in [-0.4, -0.2) is 39.6 Å². The summed E-state index contributed by atoms with van der Waals surface area (Å²) in [4.78, 5) is 19.5. The molecule has 0 saturated carbocycles. The first-order valence-electron chi connectivity index (χ1n) is 7.55. The molecule has 0 aliphatic carbocycles. The molecule has 5 nitrogen and oxygen atoms in total. The van der Waals surface area contributed by atoms with Crippen molar-refractivity contribution >= 4 is 23.4 Å². The van der Waals surface area contributed by atoms with Gasteiger partial charge in [-0.1, -0.05) is 12.1 Å². The Morgan fingerprint density at radius 3 is 3.27 bits per heavy atom. The minimum Gasteiger partial charge on any atom is -0.336 e. The molecule has 116 valence electrons. The quantitative estimate of drug-likeness (QED) is 0.922. The second kappa shape index (κ2) is 7.26. The second-order valence-corrected chi connectivity index (χ2v) is 6.29. The number of hydrogen-bond donors (Lipinski definition) is 1. The summed E-state index contributed by atoms with van der Waals surface area (Å²) in [5, 5.41) is 5.06. The lowest BCUT2D eigenvalue weighted by Gasteiger charge is -2.22. The van der Waals surface area contributed by atoms with Crippen LogP contribution in [0.4, 0.5) is 4.79 Å². The van der Waals surface area contributed by atoms with Crippen LogP contribution in [0.25, 0.3) is 6.08 Å². The molecule has 2 amide bonds. The molecule has 0 bridgehead atoms. The third-order valence-electron chi connectivity index (χ3n) is 3.79. The predicted molar refractivity (Wildman–Crippen MR) is 88.7 cm³/mol. The topological polar surface area (TPSA) is 50.2 Å². The monoisotopic (exact) mass is 316 g/mol. The van der Waals surface area contributed by atoms with Crippen LogP contribution >= 0.6 is 11.3 Å². The maximum atomic E-state index is 12.3. The maximum absolute atomic E-state index is 12.3. The van der Waals surface area contributed by atoms with Crippen LogP contribution in [0.2, 0.25) is 0 Å². The van der Waals surface area contributed by atoms with Crippen molar-refractivity contribution in [3.05, 3.63) is 47.2 Å². The molecule has 2 aromatic heterocycles. The van der Waals surface area contributed by atoms with Crippen LogP contribution in [0.15, 0.2) is 42.3 Å². The molecule has 3 rings (SSSR count). The average molecular weight is 316 g/mol. The highest BCUT2D eigenvalue weighted by Gasteiger charge is 2.26. The Morgan fingerprint density at radius 1 is 1.55 bits per heavy atom. The van der Waals surface area contributed by atoms with Crippen molar-refractivity contribution in [3.8, 4) is 0 Å². The molecule has 0 aromatic carbocycles. The zero-order valence-corrected chi connectivity index (χ0v) is 13.2. The van der Waals surface area contributed by atoms with Gasteiger partial charge in [-0.3, -0.25) is 0 Å². The number of nitrogens with one attached hydrogen (secondary N) is 1. The predicted octanol–water partition coefficient (Wildman–Crippen LogP) is 2.83. The molecule has 6 heteroatoms. The van der Waals surface area contributed by atoms with E-state index in [0.717, 1.165) is 25.9 Å². The smallest absolute Gasteiger partial charge is 0.317 e. The van der Waals surface area contributed by atoms with Gasteiger partial charge in [0.15, 0.2) is 0 Å². The van der Waals surface area contributed by atoms with E-state index in [9.17, 15) is 4.79 Å². The van der Waals surface area contributed by atoms with Crippen molar-refractivity contribution < 1.29 is 4.79 Å². The van der Waals surface area contributed by atoms with Crippen molar-refractivity contribution in [3.63, 3.8) is 0 Å². The SMILES string of the molecule is O=C(NCCn1ccnc1)N1CCCC1/C=C/c1cccs1. The minimum absolute atomic E-state index is 0.0263. The van der Waals surface area contributed by atoms with E-state index in [1.807, 2.05) is 21.7 Å². The molecule has 0 radical (unpaired) electrons. The Bertz CT molecular complexity index is 606. The van der Waals surface area contributed by atoms with Crippen molar-refractivity contribution in [1.82, 2.24) is 19.8 Å². The van der Waals surface area contributed by atoms with Gasteiger partial charge in [0, 0.05) is 36.9 Å². The molecular formula is C16H20N4OS. The van der Waals surface area contributed by atoms with Gasteiger partial charge in [0.2, 0.25) is 0 Å². The van der Waals surface area contributed by atoms with Gasteiger partial charge in [-0.25, -0.2) is 9.78 Å². The fraction of sp³-hybridized carbons (Fsp3) is 0.375. The van der Waals surface area contributed by atoms with Crippen LogP contribution in [0.3, 0.4) is 0 Å². The molecule has 1 atom stereocenters. The number of carbonyl (C=O) groups is 1. The zero-order valence-electron chi connectivity index (χ0n) is 12.4. The number of urea groups is 1. The molecule has 3 heterocycles. The highest BCUT2D eigenvalue weighted by molar-refractivity contribution is 7.10. The summed E-state index contributed by atoms with van der Waals surface area (Å²) in [6.45, 7) is 2.19. The Balaban J connectivity index is 1.50. The number of imidazole rings is 1. The fourth-order valence-electron chi connectivity index (χ4n) is 2.65. The van der Waals surface area contributed by atoms with E-state index in [0.29, 0.717) is 6.54 Å². The van der Waals surface area contributed by atoms with Gasteiger partial charge in [0.05, 0.1) is 12.4 Å². The summed E-state index contributed by atoms with van der Waals surface area (Å²) in [6, 6.07) is 4.36. The van der Waals surface area contributed by atoms with Crippen molar-refractivity contribution in [2.24, 2.45) is 0 Å². The molecule has 1 aliphatic rings. The molecule has 1 saturated heterocycles. The largest absolute Gasteiger partial charge is 0.336 e. The van der Waals surface area contributed by atoms with Crippen LogP contribution in [0.5, 0.6) is 0 Å². The number of thiophene rings is 1. The highest BCUT2D eigenvalue weighted by Crippen LogP contribution is 2.20. The third kappa shape index (κ3) is 3.76. The van der Waals surface area contributed by atoms with E-state index >= 15 is 0 Å². The van der Waals surface area contributed by atoms with E-state index in [4.69, 9.17) is 0 Å². The number of rotatable bonds is 5. The molecule has 1 aliphatic heterocycles. The molecule has 2 aromatic rings. The number of carbonyl (C=O) groups excluding carboxylic acids is 1. The number of aromatic nitrogens is 2. The maximum Gasteiger partial charge on any atom is 0.317 e. The van der Waals surface area contributed by atoms with Crippen molar-refractivity contribution in [2.45, 2.75) is 25.4 Å². The average Bonchev–Trinajstić information content (AvgIpc) is 3.26. The number of amides is 2.